The Bertz CT molecular complexity index is 856. The number of amides is 2. The number of aromatic hydroxyl groups is 1. The number of rotatable bonds is 7. The Morgan fingerprint density at radius 1 is 1.26 bits per heavy atom. The third kappa shape index (κ3) is 6.72. The van der Waals surface area contributed by atoms with Crippen LogP contribution in [0.2, 0.25) is 5.02 Å². The first-order chi connectivity index (χ1) is 12.9. The number of ether oxygens (including phenoxy) is 1. The number of nitrogens with zero attached hydrogens (tertiary/aromatic N) is 1. The van der Waals surface area contributed by atoms with Crippen LogP contribution >= 0.6 is 34.2 Å². The highest BCUT2D eigenvalue weighted by Gasteiger charge is 2.10. The molecular formula is C18H17ClIN3O4. The molecule has 0 radical (unpaired) electrons. The quantitative estimate of drug-likeness (QED) is 0.234. The van der Waals surface area contributed by atoms with E-state index in [1.165, 1.54) is 6.21 Å². The molecule has 0 atom stereocenters. The normalized spacial score (nSPS) is 10.6. The second-order valence-corrected chi connectivity index (χ2v) is 6.91. The average Bonchev–Trinajstić information content (AvgIpc) is 2.61. The van der Waals surface area contributed by atoms with Gasteiger partial charge in [-0.3, -0.25) is 9.59 Å². The molecule has 142 valence electrons. The molecule has 0 saturated carbocycles. The van der Waals surface area contributed by atoms with Gasteiger partial charge in [0.05, 0.1) is 16.4 Å². The zero-order valence-corrected chi connectivity index (χ0v) is 17.2. The van der Waals surface area contributed by atoms with Crippen molar-refractivity contribution in [3.8, 4) is 11.5 Å². The number of nitrogens with one attached hydrogen (secondary N) is 2. The maximum atomic E-state index is 11.8. The molecule has 2 aromatic rings. The van der Waals surface area contributed by atoms with Gasteiger partial charge in [0.2, 0.25) is 11.8 Å². The number of benzene rings is 2. The number of carbonyl (C=O) groups is 2. The van der Waals surface area contributed by atoms with Gasteiger partial charge in [-0.05, 0) is 71.5 Å². The smallest absolute Gasteiger partial charge is 0.249 e. The summed E-state index contributed by atoms with van der Waals surface area (Å²) < 4.78 is 5.93. The summed E-state index contributed by atoms with van der Waals surface area (Å²) in [5.74, 6) is -0.643. The fourth-order valence-corrected chi connectivity index (χ4v) is 2.79. The summed E-state index contributed by atoms with van der Waals surface area (Å²) in [5, 5.41) is 16.9. The fourth-order valence-electron chi connectivity index (χ4n) is 2.04. The Balaban J connectivity index is 1.89. The van der Waals surface area contributed by atoms with E-state index >= 15 is 0 Å². The number of halogens is 2. The van der Waals surface area contributed by atoms with Crippen molar-refractivity contribution in [3.63, 3.8) is 0 Å². The highest BCUT2D eigenvalue weighted by atomic mass is 127. The molecule has 0 heterocycles. The lowest BCUT2D eigenvalue weighted by molar-refractivity contribution is -0.126. The minimum Gasteiger partial charge on any atom is -0.504 e. The zero-order chi connectivity index (χ0) is 19.8. The standard InChI is InChI=1S/C18H17ClIN3O4/c1-2-27-15-8-11(7-14(20)18(15)26)10-21-23-17(25)9-16(24)22-13-5-3-12(19)4-6-13/h3-8,10,26H,2,9H2,1H3,(H,22,24)(H,23,25). The van der Waals surface area contributed by atoms with Crippen molar-refractivity contribution in [2.24, 2.45) is 5.10 Å². The van der Waals surface area contributed by atoms with Gasteiger partial charge < -0.3 is 15.2 Å². The average molecular weight is 502 g/mol. The molecule has 0 fully saturated rings. The molecule has 7 nitrogen and oxygen atoms in total. The van der Waals surface area contributed by atoms with Gasteiger partial charge in [-0.25, -0.2) is 5.43 Å². The monoisotopic (exact) mass is 501 g/mol. The van der Waals surface area contributed by atoms with Gasteiger partial charge in [0.25, 0.3) is 0 Å². The summed E-state index contributed by atoms with van der Waals surface area (Å²) in [5.41, 5.74) is 3.46. The highest BCUT2D eigenvalue weighted by molar-refractivity contribution is 14.1. The van der Waals surface area contributed by atoms with Crippen LogP contribution in [0.3, 0.4) is 0 Å². The van der Waals surface area contributed by atoms with E-state index in [1.54, 1.807) is 36.4 Å². The third-order valence-electron chi connectivity index (χ3n) is 3.20. The zero-order valence-electron chi connectivity index (χ0n) is 14.3. The largest absolute Gasteiger partial charge is 0.504 e. The van der Waals surface area contributed by atoms with Crippen LogP contribution in [0.1, 0.15) is 18.9 Å². The van der Waals surface area contributed by atoms with Gasteiger partial charge in [0, 0.05) is 10.7 Å². The Morgan fingerprint density at radius 3 is 2.63 bits per heavy atom. The van der Waals surface area contributed by atoms with Crippen LogP contribution < -0.4 is 15.5 Å². The van der Waals surface area contributed by atoms with Crippen LogP contribution in [0.4, 0.5) is 5.69 Å². The number of anilines is 1. The Hall–Kier alpha value is -2.33. The van der Waals surface area contributed by atoms with Crippen molar-refractivity contribution in [3.05, 3.63) is 50.6 Å². The molecular weight excluding hydrogens is 485 g/mol. The summed E-state index contributed by atoms with van der Waals surface area (Å²) >= 11 is 7.74. The van der Waals surface area contributed by atoms with E-state index in [-0.39, 0.29) is 12.2 Å². The van der Waals surface area contributed by atoms with E-state index in [2.05, 4.69) is 15.8 Å². The minimum atomic E-state index is -0.559. The summed E-state index contributed by atoms with van der Waals surface area (Å²) in [6.45, 7) is 2.21. The van der Waals surface area contributed by atoms with Gasteiger partial charge in [-0.2, -0.15) is 5.10 Å². The molecule has 27 heavy (non-hydrogen) atoms. The topological polar surface area (TPSA) is 100 Å². The van der Waals surface area contributed by atoms with E-state index in [4.69, 9.17) is 16.3 Å². The number of carbonyl (C=O) groups excluding carboxylic acids is 2. The highest BCUT2D eigenvalue weighted by Crippen LogP contribution is 2.32. The van der Waals surface area contributed by atoms with Crippen molar-refractivity contribution < 1.29 is 19.4 Å². The predicted octanol–water partition coefficient (Wildman–Crippen LogP) is 3.53. The summed E-state index contributed by atoms with van der Waals surface area (Å²) in [7, 11) is 0. The summed E-state index contributed by atoms with van der Waals surface area (Å²) in [4.78, 5) is 23.6. The first kappa shape index (κ1) is 21.0. The van der Waals surface area contributed by atoms with Crippen LogP contribution in [0.25, 0.3) is 0 Å². The van der Waals surface area contributed by atoms with E-state index in [0.717, 1.165) is 0 Å². The fraction of sp³-hybridized carbons (Fsp3) is 0.167. The number of hydrazone groups is 1. The molecule has 0 aliphatic heterocycles. The molecule has 2 aromatic carbocycles. The van der Waals surface area contributed by atoms with Gasteiger partial charge in [0.15, 0.2) is 11.5 Å². The Kier molecular flexibility index (Phi) is 7.86. The van der Waals surface area contributed by atoms with Crippen LogP contribution in [0.15, 0.2) is 41.5 Å². The van der Waals surface area contributed by atoms with Crippen LogP contribution in [-0.4, -0.2) is 29.7 Å². The minimum absolute atomic E-state index is 0.0532. The molecule has 3 N–H and O–H groups in total. The maximum absolute atomic E-state index is 11.8. The van der Waals surface area contributed by atoms with Crippen molar-refractivity contribution in [2.75, 3.05) is 11.9 Å². The molecule has 9 heteroatoms. The number of hydrogen-bond acceptors (Lipinski definition) is 5. The van der Waals surface area contributed by atoms with E-state index in [9.17, 15) is 14.7 Å². The first-order valence-electron chi connectivity index (χ1n) is 7.91. The molecule has 0 saturated heterocycles. The second-order valence-electron chi connectivity index (χ2n) is 5.31. The number of phenolic OH excluding ortho intramolecular Hbond substituents is 1. The van der Waals surface area contributed by atoms with Gasteiger partial charge in [-0.1, -0.05) is 11.6 Å². The molecule has 0 unspecified atom stereocenters. The van der Waals surface area contributed by atoms with Crippen molar-refractivity contribution in [1.82, 2.24) is 5.43 Å². The molecule has 0 bridgehead atoms. The van der Waals surface area contributed by atoms with Gasteiger partial charge in [-0.15, -0.1) is 0 Å². The second kappa shape index (κ2) is 10.1. The lowest BCUT2D eigenvalue weighted by Crippen LogP contribution is -2.24. The van der Waals surface area contributed by atoms with Gasteiger partial charge >= 0.3 is 0 Å². The molecule has 0 spiro atoms. The Morgan fingerprint density at radius 2 is 1.96 bits per heavy atom. The van der Waals surface area contributed by atoms with E-state index < -0.39 is 11.8 Å². The molecule has 0 aliphatic rings. The van der Waals surface area contributed by atoms with Crippen LogP contribution in [0.5, 0.6) is 11.5 Å². The first-order valence-corrected chi connectivity index (χ1v) is 9.37. The lowest BCUT2D eigenvalue weighted by atomic mass is 10.2. The molecule has 2 amide bonds. The van der Waals surface area contributed by atoms with E-state index in [0.29, 0.717) is 32.2 Å². The van der Waals surface area contributed by atoms with Crippen LogP contribution in [-0.2, 0) is 9.59 Å². The van der Waals surface area contributed by atoms with E-state index in [1.807, 2.05) is 29.5 Å². The molecule has 2 rings (SSSR count). The summed E-state index contributed by atoms with van der Waals surface area (Å²) in [6.07, 6.45) is 1.02. The maximum Gasteiger partial charge on any atom is 0.249 e. The Labute approximate surface area is 174 Å². The number of phenols is 1. The van der Waals surface area contributed by atoms with Gasteiger partial charge in [0.1, 0.15) is 6.42 Å². The SMILES string of the molecule is CCOc1cc(C=NNC(=O)CC(=O)Nc2ccc(Cl)cc2)cc(I)c1O. The lowest BCUT2D eigenvalue weighted by Gasteiger charge is -2.08. The van der Waals surface area contributed by atoms with Crippen molar-refractivity contribution >= 4 is 57.9 Å². The van der Waals surface area contributed by atoms with Crippen molar-refractivity contribution in [2.45, 2.75) is 13.3 Å². The van der Waals surface area contributed by atoms with Crippen molar-refractivity contribution in [1.29, 1.82) is 0 Å². The molecule has 0 aliphatic carbocycles. The predicted molar refractivity (Wildman–Crippen MR) is 112 cm³/mol. The third-order valence-corrected chi connectivity index (χ3v) is 4.28. The molecule has 0 aromatic heterocycles. The number of hydrogen-bond donors (Lipinski definition) is 3. The summed E-state index contributed by atoms with van der Waals surface area (Å²) in [6, 6.07) is 9.83. The van der Waals surface area contributed by atoms with Crippen LogP contribution in [0, 0.1) is 3.57 Å².